The first kappa shape index (κ1) is 8.38. The zero-order valence-corrected chi connectivity index (χ0v) is 7.67. The minimum Gasteiger partial charge on any atom is -0.454 e. The number of hydrogen-bond acceptors (Lipinski definition) is 3. The van der Waals surface area contributed by atoms with Gasteiger partial charge in [-0.25, -0.2) is 0 Å². The summed E-state index contributed by atoms with van der Waals surface area (Å²) in [6.45, 7) is 4.17. The molecule has 0 spiro atoms. The van der Waals surface area contributed by atoms with Gasteiger partial charge in [0.05, 0.1) is 6.54 Å². The van der Waals surface area contributed by atoms with Gasteiger partial charge in [-0.1, -0.05) is 11.6 Å². The number of fused-ring (bicyclic) bond motifs is 1. The lowest BCUT2D eigenvalue weighted by atomic mass is 10.2. The van der Waals surface area contributed by atoms with Crippen molar-refractivity contribution < 1.29 is 9.47 Å². The highest BCUT2D eigenvalue weighted by atomic mass is 35.5. The summed E-state index contributed by atoms with van der Waals surface area (Å²) < 4.78 is 10.4. The molecule has 0 fully saturated rings. The smallest absolute Gasteiger partial charge is 0.231 e. The molecule has 1 heterocycles. The van der Waals surface area contributed by atoms with E-state index in [1.807, 2.05) is 6.07 Å². The van der Waals surface area contributed by atoms with Crippen LogP contribution in [0.1, 0.15) is 5.56 Å². The average molecular weight is 198 g/mol. The van der Waals surface area contributed by atoms with E-state index < -0.39 is 0 Å². The molecule has 0 saturated heterocycles. The molecule has 0 atom stereocenters. The predicted molar refractivity (Wildman–Crippen MR) is 50.8 cm³/mol. The molecule has 4 heteroatoms. The SMILES string of the molecule is C=NCc1cc2c(cc1Cl)OCO2. The van der Waals surface area contributed by atoms with Crippen LogP contribution in [0, 0.1) is 0 Å². The Morgan fingerprint density at radius 3 is 2.77 bits per heavy atom. The summed E-state index contributed by atoms with van der Waals surface area (Å²) in [7, 11) is 0. The van der Waals surface area contributed by atoms with Gasteiger partial charge in [0.25, 0.3) is 0 Å². The monoisotopic (exact) mass is 197 g/mol. The second-order valence-electron chi connectivity index (χ2n) is 2.68. The summed E-state index contributed by atoms with van der Waals surface area (Å²) in [5.74, 6) is 1.42. The summed E-state index contributed by atoms with van der Waals surface area (Å²) in [6, 6.07) is 3.57. The molecule has 68 valence electrons. The highest BCUT2D eigenvalue weighted by molar-refractivity contribution is 6.31. The van der Waals surface area contributed by atoms with Crippen molar-refractivity contribution in [3.8, 4) is 11.5 Å². The number of hydrogen-bond donors (Lipinski definition) is 0. The Hall–Kier alpha value is -1.22. The molecule has 0 saturated carbocycles. The first-order valence-corrected chi connectivity index (χ1v) is 4.19. The van der Waals surface area contributed by atoms with Crippen LogP contribution in [0.25, 0.3) is 0 Å². The second-order valence-corrected chi connectivity index (χ2v) is 3.09. The average Bonchev–Trinajstić information content (AvgIpc) is 2.52. The number of nitrogens with zero attached hydrogens (tertiary/aromatic N) is 1. The second kappa shape index (κ2) is 3.26. The maximum Gasteiger partial charge on any atom is 0.231 e. The van der Waals surface area contributed by atoms with Gasteiger partial charge in [0, 0.05) is 11.1 Å². The van der Waals surface area contributed by atoms with Gasteiger partial charge < -0.3 is 9.47 Å². The van der Waals surface area contributed by atoms with Crippen LogP contribution in [0.3, 0.4) is 0 Å². The van der Waals surface area contributed by atoms with Crippen molar-refractivity contribution in [2.75, 3.05) is 6.79 Å². The summed E-state index contributed by atoms with van der Waals surface area (Å²) >= 11 is 5.96. The molecule has 0 bridgehead atoms. The minimum atomic E-state index is 0.261. The highest BCUT2D eigenvalue weighted by Gasteiger charge is 2.15. The molecular weight excluding hydrogens is 190 g/mol. The van der Waals surface area contributed by atoms with Crippen molar-refractivity contribution in [2.45, 2.75) is 6.54 Å². The van der Waals surface area contributed by atoms with Crippen molar-refractivity contribution in [3.05, 3.63) is 22.7 Å². The third-order valence-corrected chi connectivity index (χ3v) is 2.18. The Kier molecular flexibility index (Phi) is 2.10. The third-order valence-electron chi connectivity index (χ3n) is 1.82. The lowest BCUT2D eigenvalue weighted by Gasteiger charge is -2.02. The van der Waals surface area contributed by atoms with Crippen LogP contribution in [-0.2, 0) is 6.54 Å². The normalized spacial score (nSPS) is 13.0. The zero-order chi connectivity index (χ0) is 9.26. The Morgan fingerprint density at radius 1 is 1.38 bits per heavy atom. The number of ether oxygens (including phenoxy) is 2. The molecule has 0 aliphatic carbocycles. The van der Waals surface area contributed by atoms with Crippen LogP contribution in [-0.4, -0.2) is 13.5 Å². The molecule has 0 aromatic heterocycles. The Labute approximate surface area is 80.9 Å². The topological polar surface area (TPSA) is 30.8 Å². The molecule has 3 nitrogen and oxygen atoms in total. The Morgan fingerprint density at radius 2 is 2.08 bits per heavy atom. The fraction of sp³-hybridized carbons (Fsp3) is 0.222. The number of benzene rings is 1. The van der Waals surface area contributed by atoms with E-state index in [1.165, 1.54) is 0 Å². The van der Waals surface area contributed by atoms with Crippen LogP contribution in [0.15, 0.2) is 17.1 Å². The maximum absolute atomic E-state index is 5.96. The molecule has 1 aromatic carbocycles. The van der Waals surface area contributed by atoms with Crippen molar-refractivity contribution >= 4 is 18.3 Å². The maximum atomic E-state index is 5.96. The quantitative estimate of drug-likeness (QED) is 0.681. The van der Waals surface area contributed by atoms with E-state index in [-0.39, 0.29) is 6.79 Å². The van der Waals surface area contributed by atoms with Crippen molar-refractivity contribution in [1.29, 1.82) is 0 Å². The number of halogens is 1. The number of rotatable bonds is 2. The van der Waals surface area contributed by atoms with Crippen LogP contribution in [0.2, 0.25) is 5.02 Å². The molecular formula is C9H8ClNO2. The fourth-order valence-corrected chi connectivity index (χ4v) is 1.41. The van der Waals surface area contributed by atoms with E-state index in [0.717, 1.165) is 11.3 Å². The molecule has 13 heavy (non-hydrogen) atoms. The largest absolute Gasteiger partial charge is 0.454 e. The lowest BCUT2D eigenvalue weighted by Crippen LogP contribution is -1.92. The van der Waals surface area contributed by atoms with Crippen molar-refractivity contribution in [3.63, 3.8) is 0 Å². The van der Waals surface area contributed by atoms with E-state index in [0.29, 0.717) is 17.3 Å². The van der Waals surface area contributed by atoms with Gasteiger partial charge in [-0.05, 0) is 18.3 Å². The van der Waals surface area contributed by atoms with E-state index in [1.54, 1.807) is 6.07 Å². The van der Waals surface area contributed by atoms with Crippen LogP contribution < -0.4 is 9.47 Å². The van der Waals surface area contributed by atoms with Gasteiger partial charge >= 0.3 is 0 Å². The molecule has 0 N–H and O–H groups in total. The van der Waals surface area contributed by atoms with E-state index in [2.05, 4.69) is 11.7 Å². The molecule has 1 aromatic rings. The predicted octanol–water partition coefficient (Wildman–Crippen LogP) is 2.27. The Bertz CT molecular complexity index is 352. The standard InChI is InChI=1S/C9H8ClNO2/c1-11-4-6-2-8-9(3-7(6)10)13-5-12-8/h2-3H,1,4-5H2. The summed E-state index contributed by atoms with van der Waals surface area (Å²) in [4.78, 5) is 3.76. The van der Waals surface area contributed by atoms with E-state index in [9.17, 15) is 0 Å². The Balaban J connectivity index is 2.42. The van der Waals surface area contributed by atoms with Gasteiger partial charge in [-0.2, -0.15) is 0 Å². The molecule has 2 rings (SSSR count). The van der Waals surface area contributed by atoms with Gasteiger partial charge in [-0.3, -0.25) is 4.99 Å². The molecule has 0 amide bonds. The summed E-state index contributed by atoms with van der Waals surface area (Å²) in [6.07, 6.45) is 0. The summed E-state index contributed by atoms with van der Waals surface area (Å²) in [5.41, 5.74) is 0.904. The molecule has 1 aliphatic rings. The highest BCUT2D eigenvalue weighted by Crippen LogP contribution is 2.36. The first-order valence-electron chi connectivity index (χ1n) is 3.82. The molecule has 0 radical (unpaired) electrons. The number of aliphatic imine (C=N–C) groups is 1. The fourth-order valence-electron chi connectivity index (χ4n) is 1.20. The van der Waals surface area contributed by atoms with Crippen LogP contribution >= 0.6 is 11.6 Å². The van der Waals surface area contributed by atoms with E-state index in [4.69, 9.17) is 21.1 Å². The van der Waals surface area contributed by atoms with Crippen LogP contribution in [0.4, 0.5) is 0 Å². The summed E-state index contributed by atoms with van der Waals surface area (Å²) in [5, 5.41) is 0.636. The van der Waals surface area contributed by atoms with Gasteiger partial charge in [-0.15, -0.1) is 0 Å². The van der Waals surface area contributed by atoms with E-state index >= 15 is 0 Å². The first-order chi connectivity index (χ1) is 6.31. The van der Waals surface area contributed by atoms with Crippen molar-refractivity contribution in [1.82, 2.24) is 0 Å². The van der Waals surface area contributed by atoms with Crippen molar-refractivity contribution in [2.24, 2.45) is 4.99 Å². The van der Waals surface area contributed by atoms with Gasteiger partial charge in [0.2, 0.25) is 6.79 Å². The minimum absolute atomic E-state index is 0.261. The van der Waals surface area contributed by atoms with Gasteiger partial charge in [0.1, 0.15) is 0 Å². The molecule has 0 unspecified atom stereocenters. The third kappa shape index (κ3) is 1.47. The van der Waals surface area contributed by atoms with Gasteiger partial charge in [0.15, 0.2) is 11.5 Å². The zero-order valence-electron chi connectivity index (χ0n) is 6.92. The molecule has 1 aliphatic heterocycles. The van der Waals surface area contributed by atoms with Crippen LogP contribution in [0.5, 0.6) is 11.5 Å². The lowest BCUT2D eigenvalue weighted by molar-refractivity contribution is 0.174.